The van der Waals surface area contributed by atoms with E-state index in [9.17, 15) is 14.4 Å². The summed E-state index contributed by atoms with van der Waals surface area (Å²) in [6, 6.07) is 10.7. The van der Waals surface area contributed by atoms with Crippen molar-refractivity contribution < 1.29 is 24.2 Å². The quantitative estimate of drug-likeness (QED) is 0.526. The Kier molecular flexibility index (Phi) is 3.99. The number of ketones is 1. The molecule has 1 aromatic heterocycles. The maximum absolute atomic E-state index is 12.9. The molecule has 0 aliphatic carbocycles. The van der Waals surface area contributed by atoms with E-state index in [4.69, 9.17) is 5.11 Å². The van der Waals surface area contributed by atoms with Crippen LogP contribution in [0, 0.1) is 12.8 Å². The van der Waals surface area contributed by atoms with Gasteiger partial charge >= 0.3 is 12.1 Å². The number of carbonyl (C=O) groups excluding carboxylic acids is 2. The van der Waals surface area contributed by atoms with Crippen LogP contribution in [0.2, 0.25) is 0 Å². The zero-order chi connectivity index (χ0) is 18.4. The van der Waals surface area contributed by atoms with Crippen molar-refractivity contribution in [3.05, 3.63) is 58.9 Å². The van der Waals surface area contributed by atoms with Crippen LogP contribution in [0.3, 0.4) is 0 Å². The minimum atomic E-state index is -1.63. The standard InChI is InChI=1S/C19H19NO5/c1-11-5-4-6-13(9-11)16(21)14-7-8-15-19(3,12(2)10-20(14)15)17(22)25-18(23)24/h4-9,12H,10H2,1-3H3,(H,23,24). The van der Waals surface area contributed by atoms with E-state index in [2.05, 4.69) is 4.74 Å². The second-order valence-electron chi connectivity index (χ2n) is 6.67. The lowest BCUT2D eigenvalue weighted by atomic mass is 9.78. The van der Waals surface area contributed by atoms with Crippen LogP contribution in [0.15, 0.2) is 36.4 Å². The van der Waals surface area contributed by atoms with Crippen molar-refractivity contribution in [3.63, 3.8) is 0 Å². The predicted octanol–water partition coefficient (Wildman–Crippen LogP) is 3.16. The molecule has 3 rings (SSSR count). The van der Waals surface area contributed by atoms with Crippen LogP contribution in [0.1, 0.15) is 41.2 Å². The van der Waals surface area contributed by atoms with Crippen molar-refractivity contribution >= 4 is 17.9 Å². The van der Waals surface area contributed by atoms with Gasteiger partial charge in [0.15, 0.2) is 0 Å². The Morgan fingerprint density at radius 1 is 1.24 bits per heavy atom. The predicted molar refractivity (Wildman–Crippen MR) is 89.7 cm³/mol. The Balaban J connectivity index is 2.01. The molecular formula is C19H19NO5. The zero-order valence-corrected chi connectivity index (χ0v) is 14.3. The number of rotatable bonds is 3. The fraction of sp³-hybridized carbons (Fsp3) is 0.316. The van der Waals surface area contributed by atoms with E-state index < -0.39 is 17.5 Å². The summed E-state index contributed by atoms with van der Waals surface area (Å²) in [6.45, 7) is 5.86. The van der Waals surface area contributed by atoms with Crippen LogP contribution < -0.4 is 0 Å². The number of nitrogens with zero attached hydrogens (tertiary/aromatic N) is 1. The Hall–Kier alpha value is -2.89. The Bertz CT molecular complexity index is 882. The van der Waals surface area contributed by atoms with E-state index in [1.807, 2.05) is 32.0 Å². The van der Waals surface area contributed by atoms with Gasteiger partial charge in [-0.1, -0.05) is 30.7 Å². The fourth-order valence-corrected chi connectivity index (χ4v) is 3.45. The second kappa shape index (κ2) is 5.88. The molecule has 2 aromatic rings. The average molecular weight is 341 g/mol. The Labute approximate surface area is 145 Å². The van der Waals surface area contributed by atoms with Crippen molar-refractivity contribution in [2.75, 3.05) is 0 Å². The molecule has 2 heterocycles. The van der Waals surface area contributed by atoms with Crippen molar-refractivity contribution in [1.29, 1.82) is 0 Å². The van der Waals surface area contributed by atoms with Gasteiger partial charge in [-0.05, 0) is 38.0 Å². The van der Waals surface area contributed by atoms with Gasteiger partial charge < -0.3 is 14.4 Å². The molecule has 1 aliphatic rings. The summed E-state index contributed by atoms with van der Waals surface area (Å²) in [7, 11) is 0. The third-order valence-corrected chi connectivity index (χ3v) is 5.07. The molecule has 0 saturated heterocycles. The summed E-state index contributed by atoms with van der Waals surface area (Å²) in [5, 5.41) is 8.76. The van der Waals surface area contributed by atoms with E-state index in [-0.39, 0.29) is 11.7 Å². The lowest BCUT2D eigenvalue weighted by Crippen LogP contribution is -2.38. The minimum Gasteiger partial charge on any atom is -0.449 e. The second-order valence-corrected chi connectivity index (χ2v) is 6.67. The number of fused-ring (bicyclic) bond motifs is 1. The molecule has 130 valence electrons. The molecule has 1 aliphatic heterocycles. The van der Waals surface area contributed by atoms with Gasteiger partial charge in [-0.25, -0.2) is 4.79 Å². The molecule has 1 aromatic carbocycles. The number of carbonyl (C=O) groups is 3. The van der Waals surface area contributed by atoms with Crippen LogP contribution in [-0.2, 0) is 21.5 Å². The van der Waals surface area contributed by atoms with Gasteiger partial charge in [0.1, 0.15) is 5.41 Å². The van der Waals surface area contributed by atoms with Crippen LogP contribution >= 0.6 is 0 Å². The van der Waals surface area contributed by atoms with Gasteiger partial charge in [-0.15, -0.1) is 0 Å². The highest BCUT2D eigenvalue weighted by Gasteiger charge is 2.50. The number of aryl methyl sites for hydroxylation is 1. The highest BCUT2D eigenvalue weighted by molar-refractivity contribution is 6.08. The van der Waals surface area contributed by atoms with Gasteiger partial charge in [0, 0.05) is 17.8 Å². The SMILES string of the molecule is Cc1cccc(C(=O)c2ccc3n2CC(C)C3(C)C(=O)OC(=O)O)c1. The number of hydrogen-bond acceptors (Lipinski definition) is 4. The van der Waals surface area contributed by atoms with E-state index in [0.717, 1.165) is 5.56 Å². The van der Waals surface area contributed by atoms with Crippen LogP contribution in [0.25, 0.3) is 0 Å². The number of hydrogen-bond donors (Lipinski definition) is 1. The van der Waals surface area contributed by atoms with E-state index >= 15 is 0 Å². The van der Waals surface area contributed by atoms with Gasteiger partial charge in [-0.3, -0.25) is 9.59 Å². The first-order chi connectivity index (χ1) is 11.7. The molecule has 2 unspecified atom stereocenters. The van der Waals surface area contributed by atoms with E-state index in [1.54, 1.807) is 29.7 Å². The fourth-order valence-electron chi connectivity index (χ4n) is 3.45. The highest BCUT2D eigenvalue weighted by atomic mass is 16.7. The molecule has 6 heteroatoms. The highest BCUT2D eigenvalue weighted by Crippen LogP contribution is 2.42. The zero-order valence-electron chi connectivity index (χ0n) is 14.3. The molecule has 0 spiro atoms. The van der Waals surface area contributed by atoms with Gasteiger partial charge in [0.25, 0.3) is 0 Å². The summed E-state index contributed by atoms with van der Waals surface area (Å²) in [4.78, 5) is 36.0. The molecule has 6 nitrogen and oxygen atoms in total. The number of benzene rings is 1. The third-order valence-electron chi connectivity index (χ3n) is 5.07. The molecule has 0 fully saturated rings. The van der Waals surface area contributed by atoms with Crippen LogP contribution in [0.5, 0.6) is 0 Å². The summed E-state index contributed by atoms with van der Waals surface area (Å²) in [5.41, 5.74) is 1.54. The molecule has 0 radical (unpaired) electrons. The summed E-state index contributed by atoms with van der Waals surface area (Å²) < 4.78 is 6.20. The normalized spacial score (nSPS) is 21.6. The number of ether oxygens (including phenoxy) is 1. The van der Waals surface area contributed by atoms with Gasteiger partial charge in [-0.2, -0.15) is 0 Å². The summed E-state index contributed by atoms with van der Waals surface area (Å²) >= 11 is 0. The Morgan fingerprint density at radius 2 is 1.96 bits per heavy atom. The van der Waals surface area contributed by atoms with Crippen molar-refractivity contribution in [1.82, 2.24) is 4.57 Å². The Morgan fingerprint density at radius 3 is 2.60 bits per heavy atom. The average Bonchev–Trinajstić information content (AvgIpc) is 3.06. The number of esters is 1. The first-order valence-electron chi connectivity index (χ1n) is 8.01. The van der Waals surface area contributed by atoms with Gasteiger partial charge in [0.2, 0.25) is 5.78 Å². The molecule has 2 atom stereocenters. The molecule has 0 bridgehead atoms. The first-order valence-corrected chi connectivity index (χ1v) is 8.01. The molecular weight excluding hydrogens is 322 g/mol. The summed E-state index contributed by atoms with van der Waals surface area (Å²) in [5.74, 6) is -1.14. The molecule has 0 saturated carbocycles. The van der Waals surface area contributed by atoms with Crippen molar-refractivity contribution in [2.24, 2.45) is 5.92 Å². The monoisotopic (exact) mass is 341 g/mol. The third kappa shape index (κ3) is 2.63. The minimum absolute atomic E-state index is 0.127. The lowest BCUT2D eigenvalue weighted by Gasteiger charge is -2.24. The smallest absolute Gasteiger partial charge is 0.449 e. The number of aromatic nitrogens is 1. The van der Waals surface area contributed by atoms with Crippen molar-refractivity contribution in [2.45, 2.75) is 32.7 Å². The van der Waals surface area contributed by atoms with Crippen LogP contribution in [-0.4, -0.2) is 27.6 Å². The molecule has 1 N–H and O–H groups in total. The maximum atomic E-state index is 12.9. The maximum Gasteiger partial charge on any atom is 0.513 e. The lowest BCUT2D eigenvalue weighted by molar-refractivity contribution is -0.146. The van der Waals surface area contributed by atoms with E-state index in [1.165, 1.54) is 0 Å². The molecule has 25 heavy (non-hydrogen) atoms. The van der Waals surface area contributed by atoms with Crippen LogP contribution in [0.4, 0.5) is 4.79 Å². The number of carboxylic acid groups (broad SMARTS) is 1. The largest absolute Gasteiger partial charge is 0.513 e. The van der Waals surface area contributed by atoms with E-state index in [0.29, 0.717) is 23.5 Å². The van der Waals surface area contributed by atoms with Gasteiger partial charge in [0.05, 0.1) is 5.69 Å². The summed E-state index contributed by atoms with van der Waals surface area (Å²) in [6.07, 6.45) is -1.63. The first kappa shape index (κ1) is 17.0. The molecule has 0 amide bonds. The topological polar surface area (TPSA) is 85.6 Å². The van der Waals surface area contributed by atoms with Crippen molar-refractivity contribution in [3.8, 4) is 0 Å².